The number of amidine groups is 1. The number of benzene rings is 1. The molecule has 2 heterocycles. The van der Waals surface area contributed by atoms with Crippen molar-refractivity contribution in [2.45, 2.75) is 51.7 Å². The first-order chi connectivity index (χ1) is 15.5. The molecular weight excluding hydrogens is 450 g/mol. The number of nitrogens with zero attached hydrogens (tertiary/aromatic N) is 1. The van der Waals surface area contributed by atoms with Gasteiger partial charge in [-0.05, 0) is 52.3 Å². The molecule has 0 radical (unpaired) electrons. The fourth-order valence-corrected chi connectivity index (χ4v) is 4.75. The standard InChI is InChI=1S/C22H25N3O7S/c1-6-31-22(28)17-11(2)18(23-12(17)3)19(26)14(5)32-21(27)13(4)24-20-15-9-7-8-10-16(15)33(29,30)25-20/h7-10,13-14,23H,6H2,1-5H3,(H,24,25)/t13-,14-/m1/s1. The van der Waals surface area contributed by atoms with E-state index in [9.17, 15) is 22.8 Å². The zero-order valence-corrected chi connectivity index (χ0v) is 19.7. The van der Waals surface area contributed by atoms with Crippen LogP contribution < -0.4 is 4.72 Å². The van der Waals surface area contributed by atoms with Crippen molar-refractivity contribution >= 4 is 33.6 Å². The lowest BCUT2D eigenvalue weighted by atomic mass is 10.1. The lowest BCUT2D eigenvalue weighted by Crippen LogP contribution is -2.31. The van der Waals surface area contributed by atoms with Gasteiger partial charge < -0.3 is 14.5 Å². The van der Waals surface area contributed by atoms with Crippen molar-refractivity contribution in [1.82, 2.24) is 9.71 Å². The number of carbonyl (C=O) groups excluding carboxylic acids is 3. The number of hydrogen-bond acceptors (Lipinski definition) is 8. The maximum atomic E-state index is 12.9. The number of fused-ring (bicyclic) bond motifs is 1. The summed E-state index contributed by atoms with van der Waals surface area (Å²) in [6.07, 6.45) is -1.17. The largest absolute Gasteiger partial charge is 0.462 e. The fraction of sp³-hybridized carbons (Fsp3) is 0.364. The summed E-state index contributed by atoms with van der Waals surface area (Å²) in [5, 5.41) is 0. The summed E-state index contributed by atoms with van der Waals surface area (Å²) in [4.78, 5) is 44.7. The van der Waals surface area contributed by atoms with Gasteiger partial charge in [0, 0.05) is 11.3 Å². The number of hydrogen-bond donors (Lipinski definition) is 2. The van der Waals surface area contributed by atoms with Crippen LogP contribution in [0, 0.1) is 13.8 Å². The van der Waals surface area contributed by atoms with E-state index in [0.717, 1.165) is 0 Å². The van der Waals surface area contributed by atoms with Gasteiger partial charge in [-0.1, -0.05) is 12.1 Å². The van der Waals surface area contributed by atoms with E-state index in [1.54, 1.807) is 39.0 Å². The van der Waals surface area contributed by atoms with Gasteiger partial charge in [-0.2, -0.15) is 0 Å². The number of ketones is 1. The highest BCUT2D eigenvalue weighted by Gasteiger charge is 2.32. The molecule has 1 aromatic heterocycles. The Morgan fingerprint density at radius 1 is 1.12 bits per heavy atom. The van der Waals surface area contributed by atoms with E-state index in [1.165, 1.54) is 19.9 Å². The van der Waals surface area contributed by atoms with Crippen LogP contribution in [-0.4, -0.2) is 55.7 Å². The predicted octanol–water partition coefficient (Wildman–Crippen LogP) is 2.05. The van der Waals surface area contributed by atoms with Gasteiger partial charge >= 0.3 is 11.9 Å². The Morgan fingerprint density at radius 3 is 2.45 bits per heavy atom. The molecule has 0 bridgehead atoms. The summed E-state index contributed by atoms with van der Waals surface area (Å²) >= 11 is 0. The summed E-state index contributed by atoms with van der Waals surface area (Å²) < 4.78 is 37.0. The Labute approximate surface area is 191 Å². The highest BCUT2D eigenvalue weighted by atomic mass is 32.2. The van der Waals surface area contributed by atoms with Gasteiger partial charge in [0.05, 0.1) is 22.8 Å². The number of aromatic amines is 1. The molecule has 1 aliphatic rings. The average Bonchev–Trinajstić information content (AvgIpc) is 3.19. The van der Waals surface area contributed by atoms with Crippen molar-refractivity contribution in [3.63, 3.8) is 0 Å². The molecule has 0 fully saturated rings. The Balaban J connectivity index is 1.75. The number of H-pyrrole nitrogens is 1. The zero-order chi connectivity index (χ0) is 24.5. The Hall–Kier alpha value is -3.47. The Kier molecular flexibility index (Phi) is 6.73. The molecule has 0 amide bonds. The number of nitrogens with one attached hydrogen (secondary N) is 2. The minimum atomic E-state index is -3.75. The minimum Gasteiger partial charge on any atom is -0.462 e. The number of ether oxygens (including phenoxy) is 2. The van der Waals surface area contributed by atoms with Crippen LogP contribution in [0.5, 0.6) is 0 Å². The van der Waals surface area contributed by atoms with Crippen molar-refractivity contribution in [3.05, 3.63) is 52.3 Å². The van der Waals surface area contributed by atoms with Gasteiger partial charge in [0.25, 0.3) is 10.0 Å². The smallest absolute Gasteiger partial charge is 0.340 e. The summed E-state index contributed by atoms with van der Waals surface area (Å²) in [7, 11) is -3.75. The van der Waals surface area contributed by atoms with Crippen molar-refractivity contribution in [3.8, 4) is 0 Å². The van der Waals surface area contributed by atoms with Gasteiger partial charge in [-0.3, -0.25) is 14.5 Å². The Bertz CT molecular complexity index is 1260. The van der Waals surface area contributed by atoms with Crippen molar-refractivity contribution in [1.29, 1.82) is 0 Å². The molecule has 0 saturated heterocycles. The number of sulfonamides is 1. The molecule has 10 nitrogen and oxygen atoms in total. The van der Waals surface area contributed by atoms with Gasteiger partial charge in [0.1, 0.15) is 11.9 Å². The maximum absolute atomic E-state index is 12.9. The van der Waals surface area contributed by atoms with Crippen molar-refractivity contribution in [2.75, 3.05) is 6.61 Å². The third-order valence-corrected chi connectivity index (χ3v) is 6.55. The van der Waals surface area contributed by atoms with Gasteiger partial charge in [0.15, 0.2) is 6.10 Å². The van der Waals surface area contributed by atoms with Gasteiger partial charge in [0.2, 0.25) is 5.78 Å². The molecule has 3 rings (SSSR count). The maximum Gasteiger partial charge on any atom is 0.340 e. The second kappa shape index (κ2) is 9.18. The topological polar surface area (TPSA) is 144 Å². The van der Waals surface area contributed by atoms with Crippen LogP contribution in [0.15, 0.2) is 34.2 Å². The van der Waals surface area contributed by atoms with Crippen LogP contribution in [0.2, 0.25) is 0 Å². The lowest BCUT2D eigenvalue weighted by molar-refractivity contribution is -0.147. The van der Waals surface area contributed by atoms with E-state index in [1.807, 2.05) is 0 Å². The highest BCUT2D eigenvalue weighted by Crippen LogP contribution is 2.23. The molecule has 2 N–H and O–H groups in total. The van der Waals surface area contributed by atoms with E-state index in [0.29, 0.717) is 16.8 Å². The summed E-state index contributed by atoms with van der Waals surface area (Å²) in [6.45, 7) is 7.97. The number of rotatable bonds is 7. The van der Waals surface area contributed by atoms with Gasteiger partial charge in [-0.25, -0.2) is 18.0 Å². The number of aliphatic imine (C=N–C) groups is 1. The quantitative estimate of drug-likeness (QED) is 0.461. The SMILES string of the molecule is CCOC(=O)c1c(C)[nH]c(C(=O)[C@@H](C)OC(=O)[C@@H](C)N=C2NS(=O)(=O)c3ccccc32)c1C. The van der Waals surface area contributed by atoms with Crippen LogP contribution in [0.4, 0.5) is 0 Å². The number of aryl methyl sites for hydroxylation is 1. The van der Waals surface area contributed by atoms with Crippen molar-refractivity contribution < 1.29 is 32.3 Å². The monoisotopic (exact) mass is 475 g/mol. The number of carbonyl (C=O) groups is 3. The molecule has 2 atom stereocenters. The van der Waals surface area contributed by atoms with E-state index < -0.39 is 39.9 Å². The van der Waals surface area contributed by atoms with Crippen LogP contribution >= 0.6 is 0 Å². The lowest BCUT2D eigenvalue weighted by Gasteiger charge is -2.14. The van der Waals surface area contributed by atoms with Crippen molar-refractivity contribution in [2.24, 2.45) is 4.99 Å². The second-order valence-corrected chi connectivity index (χ2v) is 9.19. The third kappa shape index (κ3) is 4.68. The molecule has 33 heavy (non-hydrogen) atoms. The fourth-order valence-electron chi connectivity index (χ4n) is 3.51. The molecular formula is C22H25N3O7S. The minimum absolute atomic E-state index is 0.0314. The number of Topliss-reactive ketones (excluding diaryl/α,β-unsaturated/α-hetero) is 1. The van der Waals surface area contributed by atoms with E-state index in [-0.39, 0.29) is 28.6 Å². The molecule has 0 unspecified atom stereocenters. The second-order valence-electron chi connectivity index (χ2n) is 7.54. The summed E-state index contributed by atoms with van der Waals surface area (Å²) in [5.74, 6) is -1.84. The molecule has 0 aliphatic carbocycles. The van der Waals surface area contributed by atoms with Crippen LogP contribution in [0.3, 0.4) is 0 Å². The number of aromatic nitrogens is 1. The number of esters is 2. The normalized spacial score (nSPS) is 17.1. The molecule has 1 aliphatic heterocycles. The first-order valence-electron chi connectivity index (χ1n) is 10.3. The first-order valence-corrected chi connectivity index (χ1v) is 11.8. The molecule has 0 saturated carbocycles. The van der Waals surface area contributed by atoms with Crippen LogP contribution in [-0.2, 0) is 24.3 Å². The first kappa shape index (κ1) is 24.2. The highest BCUT2D eigenvalue weighted by molar-refractivity contribution is 7.90. The molecule has 1 aromatic carbocycles. The molecule has 2 aromatic rings. The summed E-state index contributed by atoms with van der Waals surface area (Å²) in [6, 6.07) is 5.18. The summed E-state index contributed by atoms with van der Waals surface area (Å²) in [5.41, 5.74) is 1.65. The van der Waals surface area contributed by atoms with E-state index in [2.05, 4.69) is 14.7 Å². The Morgan fingerprint density at radius 2 is 1.79 bits per heavy atom. The van der Waals surface area contributed by atoms with E-state index >= 15 is 0 Å². The average molecular weight is 476 g/mol. The molecule has 0 spiro atoms. The van der Waals surface area contributed by atoms with Gasteiger partial charge in [-0.15, -0.1) is 0 Å². The van der Waals surface area contributed by atoms with Crippen LogP contribution in [0.25, 0.3) is 0 Å². The van der Waals surface area contributed by atoms with E-state index in [4.69, 9.17) is 9.47 Å². The molecule has 11 heteroatoms. The predicted molar refractivity (Wildman–Crippen MR) is 119 cm³/mol. The van der Waals surface area contributed by atoms with Crippen LogP contribution in [0.1, 0.15) is 58.4 Å². The third-order valence-electron chi connectivity index (χ3n) is 5.15. The molecule has 176 valence electrons. The zero-order valence-electron chi connectivity index (χ0n) is 18.9.